The average Bonchev–Trinajstić information content (AvgIpc) is 3.25. The third kappa shape index (κ3) is 49.3. The van der Waals surface area contributed by atoms with Crippen LogP contribution in [0.1, 0.15) is 303 Å². The lowest BCUT2D eigenvalue weighted by Crippen LogP contribution is -2.30. The number of ether oxygens (including phenoxy) is 3. The van der Waals surface area contributed by atoms with E-state index < -0.39 is 6.10 Å². The fourth-order valence-corrected chi connectivity index (χ4v) is 8.21. The van der Waals surface area contributed by atoms with Crippen LogP contribution in [0.25, 0.3) is 0 Å². The van der Waals surface area contributed by atoms with Gasteiger partial charge >= 0.3 is 11.9 Å². The molecule has 5 heteroatoms. The van der Waals surface area contributed by atoms with Crippen molar-refractivity contribution in [2.24, 2.45) is 0 Å². The zero-order chi connectivity index (χ0) is 43.5. The molecule has 5 nitrogen and oxygen atoms in total. The van der Waals surface area contributed by atoms with Gasteiger partial charge in [0.15, 0.2) is 6.10 Å². The van der Waals surface area contributed by atoms with Crippen molar-refractivity contribution in [1.82, 2.24) is 0 Å². The normalized spacial score (nSPS) is 12.1. The van der Waals surface area contributed by atoms with E-state index in [-0.39, 0.29) is 18.5 Å². The second kappa shape index (κ2) is 52.0. The maximum absolute atomic E-state index is 12.8. The van der Waals surface area contributed by atoms with Gasteiger partial charge in [0.25, 0.3) is 0 Å². The highest BCUT2D eigenvalue weighted by atomic mass is 16.6. The minimum atomic E-state index is -0.529. The topological polar surface area (TPSA) is 61.8 Å². The van der Waals surface area contributed by atoms with Crippen LogP contribution in [-0.2, 0) is 23.8 Å². The van der Waals surface area contributed by atoms with Crippen molar-refractivity contribution in [1.29, 1.82) is 0 Å². The highest BCUT2D eigenvalue weighted by Gasteiger charge is 2.17. The van der Waals surface area contributed by atoms with Crippen LogP contribution in [0.4, 0.5) is 0 Å². The summed E-state index contributed by atoms with van der Waals surface area (Å²) >= 11 is 0. The summed E-state index contributed by atoms with van der Waals surface area (Å²) < 4.78 is 17.4. The molecule has 0 saturated heterocycles. The molecule has 0 bridgehead atoms. The molecule has 1 atom stereocenters. The largest absolute Gasteiger partial charge is 0.462 e. The van der Waals surface area contributed by atoms with E-state index in [2.05, 4.69) is 32.9 Å². The Morgan fingerprint density at radius 3 is 1.03 bits per heavy atom. The average molecular weight is 847 g/mol. The van der Waals surface area contributed by atoms with Crippen molar-refractivity contribution in [3.05, 3.63) is 12.2 Å². The Balaban J connectivity index is 4.18. The lowest BCUT2D eigenvalue weighted by atomic mass is 10.0. The number of unbranched alkanes of at least 4 members (excludes halogenated alkanes) is 38. The Morgan fingerprint density at radius 2 is 0.650 bits per heavy atom. The third-order valence-electron chi connectivity index (χ3n) is 12.3. The van der Waals surface area contributed by atoms with Gasteiger partial charge in [-0.15, -0.1) is 0 Å². The number of allylic oxidation sites excluding steroid dienone is 2. The number of hydrogen-bond acceptors (Lipinski definition) is 5. The smallest absolute Gasteiger partial charge is 0.306 e. The van der Waals surface area contributed by atoms with Gasteiger partial charge in [0.1, 0.15) is 6.61 Å². The first-order valence-corrected chi connectivity index (χ1v) is 27.2. The van der Waals surface area contributed by atoms with Gasteiger partial charge in [0, 0.05) is 19.4 Å². The Labute approximate surface area is 375 Å². The summed E-state index contributed by atoms with van der Waals surface area (Å²) in [5.41, 5.74) is 0. The van der Waals surface area contributed by atoms with Crippen LogP contribution < -0.4 is 0 Å². The molecule has 60 heavy (non-hydrogen) atoms. The maximum Gasteiger partial charge on any atom is 0.306 e. The fourth-order valence-electron chi connectivity index (χ4n) is 8.21. The summed E-state index contributed by atoms with van der Waals surface area (Å²) in [6, 6.07) is 0. The number of carbonyl (C=O) groups is 2. The molecule has 0 aromatic carbocycles. The van der Waals surface area contributed by atoms with Crippen LogP contribution >= 0.6 is 0 Å². The van der Waals surface area contributed by atoms with E-state index in [0.717, 1.165) is 44.9 Å². The van der Waals surface area contributed by atoms with Crippen LogP contribution in [0.3, 0.4) is 0 Å². The van der Waals surface area contributed by atoms with E-state index in [9.17, 15) is 9.59 Å². The first kappa shape index (κ1) is 58.6. The molecule has 0 heterocycles. The van der Waals surface area contributed by atoms with Crippen molar-refractivity contribution in [3.8, 4) is 0 Å². The summed E-state index contributed by atoms with van der Waals surface area (Å²) in [6.45, 7) is 7.87. The predicted molar refractivity (Wildman–Crippen MR) is 261 cm³/mol. The molecule has 0 N–H and O–H groups in total. The molecular weight excluding hydrogens is 741 g/mol. The minimum Gasteiger partial charge on any atom is -0.462 e. The monoisotopic (exact) mass is 847 g/mol. The van der Waals surface area contributed by atoms with Crippen molar-refractivity contribution < 1.29 is 23.8 Å². The zero-order valence-electron chi connectivity index (χ0n) is 41.0. The van der Waals surface area contributed by atoms with Crippen molar-refractivity contribution in [2.45, 2.75) is 309 Å². The summed E-state index contributed by atoms with van der Waals surface area (Å²) in [5.74, 6) is -0.385. The highest BCUT2D eigenvalue weighted by Crippen LogP contribution is 2.16. The number of carbonyl (C=O) groups excluding carboxylic acids is 2. The van der Waals surface area contributed by atoms with Gasteiger partial charge in [-0.25, -0.2) is 0 Å². The van der Waals surface area contributed by atoms with Crippen molar-refractivity contribution in [3.63, 3.8) is 0 Å². The number of esters is 2. The summed E-state index contributed by atoms with van der Waals surface area (Å²) in [5, 5.41) is 0. The second-order valence-electron chi connectivity index (χ2n) is 18.5. The fraction of sp³-hybridized carbons (Fsp3) is 0.927. The number of hydrogen-bond donors (Lipinski definition) is 0. The maximum atomic E-state index is 12.8. The van der Waals surface area contributed by atoms with E-state index in [1.807, 2.05) is 0 Å². The Bertz CT molecular complexity index is 871. The van der Waals surface area contributed by atoms with E-state index >= 15 is 0 Å². The highest BCUT2D eigenvalue weighted by molar-refractivity contribution is 5.70. The van der Waals surface area contributed by atoms with Gasteiger partial charge in [-0.2, -0.15) is 0 Å². The molecule has 0 fully saturated rings. The van der Waals surface area contributed by atoms with E-state index in [4.69, 9.17) is 14.2 Å². The molecule has 356 valence electrons. The zero-order valence-corrected chi connectivity index (χ0v) is 41.0. The second-order valence-corrected chi connectivity index (χ2v) is 18.5. The SMILES string of the molecule is CCCCCC/C=C\CCCCCCCC(=O)OCC(COCCCCCCCCCCCCCCCCCCCC)OC(=O)CCCCCCCCCCCCCCC. The van der Waals surface area contributed by atoms with Gasteiger partial charge in [-0.1, -0.05) is 258 Å². The van der Waals surface area contributed by atoms with Gasteiger partial charge in [0.05, 0.1) is 6.61 Å². The predicted octanol–water partition coefficient (Wildman–Crippen LogP) is 18.2. The van der Waals surface area contributed by atoms with E-state index in [0.29, 0.717) is 26.1 Å². The Hall–Kier alpha value is -1.36. The summed E-state index contributed by atoms with van der Waals surface area (Å²) in [4.78, 5) is 25.4. The van der Waals surface area contributed by atoms with Gasteiger partial charge < -0.3 is 14.2 Å². The van der Waals surface area contributed by atoms with Crippen LogP contribution in [0, 0.1) is 0 Å². The molecule has 0 spiro atoms. The van der Waals surface area contributed by atoms with Crippen LogP contribution in [0.5, 0.6) is 0 Å². The van der Waals surface area contributed by atoms with Crippen LogP contribution in [0.15, 0.2) is 12.2 Å². The molecule has 0 aromatic heterocycles. The molecule has 0 aliphatic heterocycles. The first-order valence-electron chi connectivity index (χ1n) is 27.2. The molecule has 0 saturated carbocycles. The standard InChI is InChI=1S/C55H106O5/c1-4-7-10-13-16-19-22-25-26-27-28-29-32-35-38-41-44-47-50-58-51-53(60-55(57)49-46-43-40-37-34-31-24-21-18-15-12-9-6-3)52-59-54(56)48-45-42-39-36-33-30-23-20-17-14-11-8-5-2/h20,23,53H,4-19,21-22,24-52H2,1-3H3/b23-20-. The van der Waals surface area contributed by atoms with E-state index in [1.54, 1.807) is 0 Å². The van der Waals surface area contributed by atoms with Crippen molar-refractivity contribution >= 4 is 11.9 Å². The lowest BCUT2D eigenvalue weighted by Gasteiger charge is -2.18. The quantitative estimate of drug-likeness (QED) is 0.0347. The molecule has 1 unspecified atom stereocenters. The molecular formula is C55H106O5. The van der Waals surface area contributed by atoms with Gasteiger partial charge in [0.2, 0.25) is 0 Å². The molecule has 0 aliphatic rings. The van der Waals surface area contributed by atoms with Gasteiger partial charge in [-0.05, 0) is 44.9 Å². The molecule has 0 aromatic rings. The Kier molecular flexibility index (Phi) is 50.8. The molecule has 0 aliphatic carbocycles. The molecule has 0 rings (SSSR count). The van der Waals surface area contributed by atoms with Crippen molar-refractivity contribution in [2.75, 3.05) is 19.8 Å². The first-order chi connectivity index (χ1) is 29.6. The Morgan fingerprint density at radius 1 is 0.350 bits per heavy atom. The van der Waals surface area contributed by atoms with E-state index in [1.165, 1.54) is 225 Å². The van der Waals surface area contributed by atoms with Crippen LogP contribution in [-0.4, -0.2) is 37.9 Å². The molecule has 0 amide bonds. The summed E-state index contributed by atoms with van der Waals surface area (Å²) in [6.07, 6.45) is 59.4. The minimum absolute atomic E-state index is 0.0904. The third-order valence-corrected chi connectivity index (χ3v) is 12.3. The van der Waals surface area contributed by atoms with Crippen LogP contribution in [0.2, 0.25) is 0 Å². The summed E-state index contributed by atoms with van der Waals surface area (Å²) in [7, 11) is 0. The lowest BCUT2D eigenvalue weighted by molar-refractivity contribution is -0.163. The van der Waals surface area contributed by atoms with Gasteiger partial charge in [-0.3, -0.25) is 9.59 Å². The molecule has 0 radical (unpaired) electrons. The number of rotatable bonds is 51.